The molecule has 446 valence electrons. The van der Waals surface area contributed by atoms with Crippen LogP contribution in [-0.2, 0) is 60.4 Å². The molecule has 15 nitrogen and oxygen atoms in total. The van der Waals surface area contributed by atoms with E-state index in [-0.39, 0.29) is 34.3 Å². The second kappa shape index (κ2) is 43.7. The van der Waals surface area contributed by atoms with Gasteiger partial charge in [-0.3, -0.25) is 23.4 Å². The number of unbranched alkanes of at least 4 members (excludes halogenated alkanes) is 8. The van der Waals surface area contributed by atoms with Crippen LogP contribution in [0.3, 0.4) is 0 Å². The Hall–Kier alpha value is -6.02. The van der Waals surface area contributed by atoms with E-state index >= 15 is 0 Å². The maximum Gasteiger partial charge on any atom is 0.305 e. The van der Waals surface area contributed by atoms with Crippen LogP contribution in [0.15, 0.2) is 141 Å². The Morgan fingerprint density at radius 1 is 0.469 bits per heavy atom. The zero-order chi connectivity index (χ0) is 59.5. The number of esters is 3. The van der Waals surface area contributed by atoms with Crippen molar-refractivity contribution < 1.29 is 70.1 Å². The molecule has 0 amide bonds. The van der Waals surface area contributed by atoms with Crippen molar-refractivity contribution in [1.29, 1.82) is 0 Å². The lowest BCUT2D eigenvalue weighted by Gasteiger charge is -2.07. The Kier molecular flexibility index (Phi) is 38.3. The molecule has 0 heterocycles. The van der Waals surface area contributed by atoms with Gasteiger partial charge in [-0.25, -0.2) is 8.42 Å². The number of sulfone groups is 1. The third-order valence-corrected chi connectivity index (χ3v) is 15.4. The van der Waals surface area contributed by atoms with Crippen LogP contribution in [0.5, 0.6) is 28.7 Å². The molecule has 5 aromatic carbocycles. The smallest absolute Gasteiger partial charge is 0.305 e. The number of hydrogen-bond donors (Lipinski definition) is 1. The number of Topliss-reactive ketones (excluding diaryl/α,β-unsaturated/α-hetero) is 1. The number of ketones is 1. The number of phenols is 1. The first-order valence-corrected chi connectivity index (χ1v) is 32.9. The monoisotopic (exact) mass is 1200 g/mol. The second-order valence-electron chi connectivity index (χ2n) is 18.2. The molecule has 1 N–H and O–H groups in total. The lowest BCUT2D eigenvalue weighted by molar-refractivity contribution is -0.141. The van der Waals surface area contributed by atoms with Gasteiger partial charge in [0.25, 0.3) is 0 Å². The van der Waals surface area contributed by atoms with Gasteiger partial charge in [-0.15, -0.1) is 23.5 Å². The Morgan fingerprint density at radius 2 is 0.802 bits per heavy atom. The molecule has 1 unspecified atom stereocenters. The van der Waals surface area contributed by atoms with Gasteiger partial charge in [0, 0.05) is 75.7 Å². The highest BCUT2D eigenvalue weighted by Crippen LogP contribution is 2.22. The second-order valence-corrected chi connectivity index (χ2v) is 23.4. The summed E-state index contributed by atoms with van der Waals surface area (Å²) in [7, 11) is 0.0879. The molecule has 0 aromatic heterocycles. The molecule has 0 radical (unpaired) electrons. The maximum absolute atomic E-state index is 11.9. The van der Waals surface area contributed by atoms with Crippen molar-refractivity contribution in [3.8, 4) is 28.7 Å². The highest BCUT2D eigenvalue weighted by molar-refractivity contribution is 7.98. The number of carbonyl (C=O) groups excluding carboxylic acids is 4. The van der Waals surface area contributed by atoms with E-state index in [1.54, 1.807) is 60.1 Å². The molecular weight excluding hydrogens is 1110 g/mol. The predicted octanol–water partition coefficient (Wildman–Crippen LogP) is 13.1. The Balaban J connectivity index is 0.000000371. The number of rotatable bonds is 34. The molecule has 0 fully saturated rings. The van der Waals surface area contributed by atoms with Crippen LogP contribution in [0.25, 0.3) is 0 Å². The molecule has 81 heavy (non-hydrogen) atoms. The largest absolute Gasteiger partial charge is 0.508 e. The van der Waals surface area contributed by atoms with E-state index in [1.807, 2.05) is 54.6 Å². The van der Waals surface area contributed by atoms with Crippen molar-refractivity contribution in [2.45, 2.75) is 129 Å². The predicted molar refractivity (Wildman–Crippen MR) is 323 cm³/mol. The summed E-state index contributed by atoms with van der Waals surface area (Å²) >= 11 is 3.43. The molecule has 19 heteroatoms. The van der Waals surface area contributed by atoms with Gasteiger partial charge >= 0.3 is 17.9 Å². The standard InChI is InChI=1S/C20H24O3S.C14H20O5S.C14H20O4S.C14H20O3S/c1-24-19-12-10-18(11-13-19)23-14-6-2-3-8-17(21)15-16-7-4-5-9-20(16)22;1-18-14(15)6-4-3-5-11-19-12-7-9-13(10-8-12)20(2,16)17;1-17-14(15)6-4-3-5-11-18-12-7-9-13(10-8-12)19(2)16;1-16-14(15)6-4-3-5-11-17-12-7-9-13(18-2)10-8-12/h4-5,7,9-13,22H,2-3,6,8,14-15H2,1H3;7-10H,3-6,11H2,1-2H3;7-10H,3-6,11H2,1-2H3;7-10H,3-6,11H2,1-2H3. The van der Waals surface area contributed by atoms with Gasteiger partial charge in [0.15, 0.2) is 9.84 Å². The zero-order valence-electron chi connectivity index (χ0n) is 48.2. The number of para-hydroxylation sites is 1. The summed E-state index contributed by atoms with van der Waals surface area (Å²) in [5, 5.41) is 9.67. The highest BCUT2D eigenvalue weighted by Gasteiger charge is 2.09. The van der Waals surface area contributed by atoms with Crippen LogP contribution in [-0.4, -0.2) is 114 Å². The molecule has 0 bridgehead atoms. The molecule has 0 saturated heterocycles. The number of benzene rings is 5. The van der Waals surface area contributed by atoms with Crippen molar-refractivity contribution >= 4 is 67.9 Å². The molecule has 0 aliphatic heterocycles. The van der Waals surface area contributed by atoms with E-state index in [4.69, 9.17) is 18.9 Å². The number of phenolic OH excluding ortho intramolecular Hbond substituents is 1. The fourth-order valence-electron chi connectivity index (χ4n) is 7.13. The van der Waals surface area contributed by atoms with Gasteiger partial charge in [0.1, 0.15) is 34.5 Å². The van der Waals surface area contributed by atoms with E-state index in [0.717, 1.165) is 99.2 Å². The van der Waals surface area contributed by atoms with Crippen molar-refractivity contribution in [3.05, 3.63) is 127 Å². The Morgan fingerprint density at radius 3 is 1.12 bits per heavy atom. The number of ether oxygens (including phenoxy) is 7. The lowest BCUT2D eigenvalue weighted by atomic mass is 10.0. The summed E-state index contributed by atoms with van der Waals surface area (Å²) in [5.41, 5.74) is 0.708. The van der Waals surface area contributed by atoms with Crippen LogP contribution in [0, 0.1) is 0 Å². The average Bonchev–Trinajstić information content (AvgIpc) is 3.48. The van der Waals surface area contributed by atoms with E-state index in [9.17, 15) is 36.9 Å². The Bertz CT molecular complexity index is 2650. The van der Waals surface area contributed by atoms with Gasteiger partial charge in [0.2, 0.25) is 0 Å². The first-order valence-electron chi connectivity index (χ1n) is 27.0. The van der Waals surface area contributed by atoms with Crippen molar-refractivity contribution in [2.75, 3.05) is 72.8 Å². The number of methoxy groups -OCH3 is 3. The lowest BCUT2D eigenvalue weighted by Crippen LogP contribution is -2.03. The minimum absolute atomic E-state index is 0.136. The summed E-state index contributed by atoms with van der Waals surface area (Å²) in [6, 6.07) is 36.8. The molecular formula is C62H84O15S4. The first-order chi connectivity index (χ1) is 39.0. The topological polar surface area (TPSA) is 204 Å². The fraction of sp³-hybridized carbons (Fsp3) is 0.452. The van der Waals surface area contributed by atoms with Crippen LogP contribution in [0.4, 0.5) is 0 Å². The normalized spacial score (nSPS) is 10.9. The number of aromatic hydroxyl groups is 1. The van der Waals surface area contributed by atoms with Crippen molar-refractivity contribution in [3.63, 3.8) is 0 Å². The molecule has 0 aliphatic rings. The zero-order valence-corrected chi connectivity index (χ0v) is 51.5. The molecule has 0 spiro atoms. The molecule has 5 aromatic rings. The van der Waals surface area contributed by atoms with E-state index in [1.165, 1.54) is 49.5 Å². The Labute approximate surface area is 492 Å². The van der Waals surface area contributed by atoms with Crippen LogP contribution < -0.4 is 18.9 Å². The third-order valence-electron chi connectivity index (χ3n) is 11.8. The number of carbonyl (C=O) groups is 4. The van der Waals surface area contributed by atoms with Crippen LogP contribution in [0.2, 0.25) is 0 Å². The summed E-state index contributed by atoms with van der Waals surface area (Å²) < 4.78 is 69.8. The van der Waals surface area contributed by atoms with E-state index in [2.05, 4.69) is 51.0 Å². The van der Waals surface area contributed by atoms with Gasteiger partial charge in [-0.2, -0.15) is 0 Å². The SMILES string of the molecule is COC(=O)CCCCCOc1ccc(S(C)(=O)=O)cc1.COC(=O)CCCCCOc1ccc(S(C)=O)cc1.COC(=O)CCCCCOc1ccc(SC)cc1.CSc1ccc(OCCCCCC(=O)Cc2ccccc2O)cc1. The summed E-state index contributed by atoms with van der Waals surface area (Å²) in [6.07, 6.45) is 19.9. The van der Waals surface area contributed by atoms with Crippen molar-refractivity contribution in [1.82, 2.24) is 0 Å². The summed E-state index contributed by atoms with van der Waals surface area (Å²) in [5.74, 6) is 3.10. The van der Waals surface area contributed by atoms with Gasteiger partial charge in [-0.1, -0.05) is 18.2 Å². The average molecular weight is 1200 g/mol. The quantitative estimate of drug-likeness (QED) is 0.0176. The molecule has 1 atom stereocenters. The van der Waals surface area contributed by atoms with Gasteiger partial charge in [0.05, 0.1) is 52.7 Å². The number of hydrogen-bond acceptors (Lipinski definition) is 17. The minimum atomic E-state index is -3.16. The van der Waals surface area contributed by atoms with Crippen LogP contribution in [0.1, 0.15) is 108 Å². The number of thioether (sulfide) groups is 2. The molecule has 0 aliphatic carbocycles. The molecule has 0 saturated carbocycles. The van der Waals surface area contributed by atoms with Crippen LogP contribution >= 0.6 is 23.5 Å². The summed E-state index contributed by atoms with van der Waals surface area (Å²) in [4.78, 5) is 48.1. The maximum atomic E-state index is 11.9. The fourth-order valence-corrected chi connectivity index (χ4v) is 9.09. The van der Waals surface area contributed by atoms with Crippen molar-refractivity contribution in [2.24, 2.45) is 0 Å². The van der Waals surface area contributed by atoms with E-state index in [0.29, 0.717) is 69.8 Å². The van der Waals surface area contributed by atoms with E-state index < -0.39 is 20.6 Å². The molecule has 5 rings (SSSR count). The highest BCUT2D eigenvalue weighted by atomic mass is 32.2. The minimum Gasteiger partial charge on any atom is -0.508 e. The van der Waals surface area contributed by atoms with Gasteiger partial charge < -0.3 is 38.3 Å². The first kappa shape index (κ1) is 71.1. The third kappa shape index (κ3) is 34.8. The summed E-state index contributed by atoms with van der Waals surface area (Å²) in [6.45, 7) is 2.53. The van der Waals surface area contributed by atoms with Gasteiger partial charge in [-0.05, 0) is 193 Å².